The number of benzene rings is 2. The molecule has 31 heavy (non-hydrogen) atoms. The van der Waals surface area contributed by atoms with Crippen LogP contribution in [0.5, 0.6) is 0 Å². The number of aromatic nitrogens is 1. The summed E-state index contributed by atoms with van der Waals surface area (Å²) < 4.78 is 0. The second kappa shape index (κ2) is 8.55. The standard InChI is InChI=1S/C26H23N5/c27-18-21-17-20-7-1-2-10-24(20)26(25-11-4-3-9-23(21)25)30-13-15-31(16-14-30)29-19-22-8-5-6-12-28-22/h1-12,17,19,26H,13-16H2/b29-19+. The molecular formula is C26H23N5. The largest absolute Gasteiger partial charge is 0.294 e. The van der Waals surface area contributed by atoms with Crippen molar-refractivity contribution < 1.29 is 0 Å². The number of hydrazone groups is 1. The summed E-state index contributed by atoms with van der Waals surface area (Å²) in [6.45, 7) is 3.50. The van der Waals surface area contributed by atoms with Crippen LogP contribution in [0.3, 0.4) is 0 Å². The van der Waals surface area contributed by atoms with Crippen molar-refractivity contribution in [2.24, 2.45) is 5.10 Å². The SMILES string of the molecule is N#CC1=Cc2ccccc2C(N2CCN(/N=C/c3ccccn3)CC2)c2ccccc21. The van der Waals surface area contributed by atoms with Crippen LogP contribution in [0.25, 0.3) is 11.6 Å². The maximum atomic E-state index is 9.81. The summed E-state index contributed by atoms with van der Waals surface area (Å²) in [7, 11) is 0. The van der Waals surface area contributed by atoms with Crippen LogP contribution in [-0.4, -0.2) is 47.3 Å². The van der Waals surface area contributed by atoms with Crippen LogP contribution in [0.4, 0.5) is 0 Å². The molecule has 1 fully saturated rings. The van der Waals surface area contributed by atoms with Gasteiger partial charge >= 0.3 is 0 Å². The lowest BCUT2D eigenvalue weighted by molar-refractivity contribution is 0.112. The molecule has 2 aliphatic rings. The third-order valence-electron chi connectivity index (χ3n) is 5.95. The molecule has 0 amide bonds. The predicted molar refractivity (Wildman–Crippen MR) is 123 cm³/mol. The second-order valence-electron chi connectivity index (χ2n) is 7.78. The Morgan fingerprint density at radius 3 is 2.42 bits per heavy atom. The molecule has 1 atom stereocenters. The summed E-state index contributed by atoms with van der Waals surface area (Å²) >= 11 is 0. The van der Waals surface area contributed by atoms with E-state index in [0.717, 1.165) is 48.6 Å². The fourth-order valence-electron chi connectivity index (χ4n) is 4.44. The number of fused-ring (bicyclic) bond motifs is 2. The first-order valence-corrected chi connectivity index (χ1v) is 10.6. The molecule has 0 radical (unpaired) electrons. The minimum absolute atomic E-state index is 0.122. The van der Waals surface area contributed by atoms with Gasteiger partial charge in [0, 0.05) is 32.4 Å². The van der Waals surface area contributed by atoms with Gasteiger partial charge in [0.1, 0.15) is 0 Å². The zero-order valence-electron chi connectivity index (χ0n) is 17.2. The summed E-state index contributed by atoms with van der Waals surface area (Å²) in [6.07, 6.45) is 5.64. The molecule has 152 valence electrons. The van der Waals surface area contributed by atoms with Gasteiger partial charge in [0.25, 0.3) is 0 Å². The number of allylic oxidation sites excluding steroid dienone is 1. The van der Waals surface area contributed by atoms with Crippen molar-refractivity contribution in [1.29, 1.82) is 5.26 Å². The first kappa shape index (κ1) is 19.2. The van der Waals surface area contributed by atoms with E-state index >= 15 is 0 Å². The van der Waals surface area contributed by atoms with Crippen molar-refractivity contribution >= 4 is 17.9 Å². The van der Waals surface area contributed by atoms with Gasteiger partial charge in [-0.05, 0) is 40.5 Å². The average Bonchev–Trinajstić information content (AvgIpc) is 2.98. The van der Waals surface area contributed by atoms with Gasteiger partial charge in [0.05, 0.1) is 29.6 Å². The van der Waals surface area contributed by atoms with Crippen LogP contribution in [0.1, 0.15) is 34.0 Å². The van der Waals surface area contributed by atoms with Crippen molar-refractivity contribution in [1.82, 2.24) is 14.9 Å². The Morgan fingerprint density at radius 1 is 0.903 bits per heavy atom. The number of hydrogen-bond acceptors (Lipinski definition) is 5. The highest BCUT2D eigenvalue weighted by Gasteiger charge is 2.31. The molecule has 2 aromatic carbocycles. The Kier molecular flexibility index (Phi) is 5.30. The van der Waals surface area contributed by atoms with Crippen LogP contribution in [0, 0.1) is 11.3 Å². The Bertz CT molecular complexity index is 1170. The van der Waals surface area contributed by atoms with Crippen LogP contribution in [0.2, 0.25) is 0 Å². The molecule has 0 N–H and O–H groups in total. The summed E-state index contributed by atoms with van der Waals surface area (Å²) in [4.78, 5) is 6.82. The third kappa shape index (κ3) is 3.86. The topological polar surface area (TPSA) is 55.5 Å². The molecule has 5 heteroatoms. The Hall–Kier alpha value is -3.75. The smallest absolute Gasteiger partial charge is 0.0998 e. The highest BCUT2D eigenvalue weighted by Crippen LogP contribution is 2.39. The van der Waals surface area contributed by atoms with E-state index < -0.39 is 0 Å². The van der Waals surface area contributed by atoms with Gasteiger partial charge in [-0.25, -0.2) is 0 Å². The highest BCUT2D eigenvalue weighted by atomic mass is 15.5. The Labute approximate surface area is 182 Å². The fraction of sp³-hybridized carbons (Fsp3) is 0.192. The van der Waals surface area contributed by atoms with E-state index in [0.29, 0.717) is 0 Å². The lowest BCUT2D eigenvalue weighted by Gasteiger charge is -2.39. The molecule has 1 aromatic heterocycles. The summed E-state index contributed by atoms with van der Waals surface area (Å²) in [5.74, 6) is 0. The number of nitriles is 1. The zero-order chi connectivity index (χ0) is 21.0. The molecule has 1 aliphatic carbocycles. The third-order valence-corrected chi connectivity index (χ3v) is 5.95. The van der Waals surface area contributed by atoms with E-state index in [4.69, 9.17) is 0 Å². The van der Waals surface area contributed by atoms with E-state index in [1.54, 1.807) is 6.20 Å². The van der Waals surface area contributed by atoms with Crippen molar-refractivity contribution in [3.63, 3.8) is 0 Å². The van der Waals surface area contributed by atoms with E-state index in [2.05, 4.69) is 62.5 Å². The van der Waals surface area contributed by atoms with Crippen molar-refractivity contribution in [2.45, 2.75) is 6.04 Å². The molecule has 1 unspecified atom stereocenters. The number of rotatable bonds is 3. The van der Waals surface area contributed by atoms with E-state index in [9.17, 15) is 5.26 Å². The molecule has 0 saturated carbocycles. The molecule has 5 nitrogen and oxygen atoms in total. The van der Waals surface area contributed by atoms with Gasteiger partial charge in [-0.1, -0.05) is 54.6 Å². The van der Waals surface area contributed by atoms with Crippen molar-refractivity contribution in [3.8, 4) is 6.07 Å². The maximum Gasteiger partial charge on any atom is 0.0998 e. The second-order valence-corrected chi connectivity index (χ2v) is 7.78. The lowest BCUT2D eigenvalue weighted by Crippen LogP contribution is -2.46. The quantitative estimate of drug-likeness (QED) is 0.613. The minimum atomic E-state index is 0.122. The Morgan fingerprint density at radius 2 is 1.65 bits per heavy atom. The van der Waals surface area contributed by atoms with Gasteiger partial charge in [-0.2, -0.15) is 10.4 Å². The minimum Gasteiger partial charge on any atom is -0.294 e. The van der Waals surface area contributed by atoms with E-state index in [-0.39, 0.29) is 6.04 Å². The van der Waals surface area contributed by atoms with Crippen LogP contribution < -0.4 is 0 Å². The maximum absolute atomic E-state index is 9.81. The van der Waals surface area contributed by atoms with Crippen LogP contribution in [0.15, 0.2) is 78.0 Å². The molecule has 2 heterocycles. The van der Waals surface area contributed by atoms with Gasteiger partial charge < -0.3 is 0 Å². The number of hydrogen-bond donors (Lipinski definition) is 0. The van der Waals surface area contributed by atoms with Gasteiger partial charge in [0.15, 0.2) is 0 Å². The van der Waals surface area contributed by atoms with Crippen LogP contribution in [-0.2, 0) is 0 Å². The average molecular weight is 406 g/mol. The van der Waals surface area contributed by atoms with Crippen molar-refractivity contribution in [2.75, 3.05) is 26.2 Å². The molecule has 0 bridgehead atoms. The van der Waals surface area contributed by atoms with E-state index in [1.807, 2.05) is 42.6 Å². The van der Waals surface area contributed by atoms with E-state index in [1.165, 1.54) is 11.1 Å². The predicted octanol–water partition coefficient (Wildman–Crippen LogP) is 4.20. The number of piperazine rings is 1. The van der Waals surface area contributed by atoms with Gasteiger partial charge in [0.2, 0.25) is 0 Å². The molecular weight excluding hydrogens is 382 g/mol. The molecule has 0 spiro atoms. The van der Waals surface area contributed by atoms with Gasteiger partial charge in [-0.15, -0.1) is 0 Å². The first-order chi connectivity index (χ1) is 15.3. The summed E-state index contributed by atoms with van der Waals surface area (Å²) in [5, 5.41) is 16.6. The number of pyridine rings is 1. The monoisotopic (exact) mass is 405 g/mol. The van der Waals surface area contributed by atoms with Gasteiger partial charge in [-0.3, -0.25) is 14.9 Å². The first-order valence-electron chi connectivity index (χ1n) is 10.6. The summed E-state index contributed by atoms with van der Waals surface area (Å²) in [5.41, 5.74) is 6.20. The fourth-order valence-corrected chi connectivity index (χ4v) is 4.44. The van der Waals surface area contributed by atoms with Crippen molar-refractivity contribution in [3.05, 3.63) is 101 Å². The molecule has 5 rings (SSSR count). The molecule has 1 saturated heterocycles. The Balaban J connectivity index is 1.43. The molecule has 3 aromatic rings. The summed E-state index contributed by atoms with van der Waals surface area (Å²) in [6, 6.07) is 25.1. The highest BCUT2D eigenvalue weighted by molar-refractivity contribution is 5.93. The zero-order valence-corrected chi connectivity index (χ0v) is 17.2. The molecule has 1 aliphatic heterocycles. The normalized spacial score (nSPS) is 18.6. The van der Waals surface area contributed by atoms with Crippen LogP contribution >= 0.6 is 0 Å². The number of nitrogens with zero attached hydrogens (tertiary/aromatic N) is 5. The lowest BCUT2D eigenvalue weighted by atomic mass is 9.91.